The van der Waals surface area contributed by atoms with Gasteiger partial charge in [-0.25, -0.2) is 32.7 Å². The van der Waals surface area contributed by atoms with Gasteiger partial charge >= 0.3 is 24.0 Å². The van der Waals surface area contributed by atoms with Gasteiger partial charge in [0.05, 0.1) is 99.4 Å². The first-order valence-electron chi connectivity index (χ1n) is 46.4. The number of para-hydroxylation sites is 10. The molecule has 15 rings (SSSR count). The molecule has 138 heavy (non-hydrogen) atoms. The number of halogens is 2. The number of piperazine rings is 1. The number of carboxylic acid groups (broad SMARTS) is 1. The summed E-state index contributed by atoms with van der Waals surface area (Å²) in [6, 6.07) is 60.1. The second-order valence-corrected chi connectivity index (χ2v) is 38.5. The van der Waals surface area contributed by atoms with Gasteiger partial charge in [-0.05, 0) is 286 Å². The lowest BCUT2D eigenvalue weighted by Crippen LogP contribution is -2.44. The topological polar surface area (TPSA) is 325 Å². The van der Waals surface area contributed by atoms with Crippen LogP contribution in [0.15, 0.2) is 196 Å². The molecule has 10 N–H and O–H groups in total. The number of aromatic carboxylic acids is 1. The number of sulfonamides is 1. The molecule has 0 radical (unpaired) electrons. The Morgan fingerprint density at radius 1 is 0.399 bits per heavy atom. The van der Waals surface area contributed by atoms with Gasteiger partial charge < -0.3 is 99.8 Å². The number of methoxy groups -OCH3 is 7. The van der Waals surface area contributed by atoms with Crippen molar-refractivity contribution < 1.29 is 70.6 Å². The zero-order chi connectivity index (χ0) is 98.3. The van der Waals surface area contributed by atoms with E-state index in [-0.39, 0.29) is 51.2 Å². The number of benzene rings is 9. The summed E-state index contributed by atoms with van der Waals surface area (Å²) in [5.74, 6) is 4.05. The Balaban J connectivity index is 0.000000283. The average molecular weight is 2050 g/mol. The number of amides is 1. The van der Waals surface area contributed by atoms with E-state index in [1.54, 1.807) is 65.9 Å². The number of nitrogens with zero attached hydrogens (tertiary/aromatic N) is 5. The first kappa shape index (κ1) is 118. The minimum Gasteiger partial charge on any atom is -0.496 e. The van der Waals surface area contributed by atoms with Crippen LogP contribution >= 0.6 is 31.9 Å². The molecule has 0 atom stereocenters. The van der Waals surface area contributed by atoms with Crippen LogP contribution in [0.25, 0.3) is 0 Å². The number of aryl methyl sites for hydroxylation is 6. The maximum Gasteiger partial charge on any atom is 0.407 e. The number of alkyl carbamates (subject to hydrolysis) is 1. The van der Waals surface area contributed by atoms with E-state index >= 15 is 0 Å². The fraction of sp³-hybridized carbons (Fsp3) is 0.463. The van der Waals surface area contributed by atoms with Crippen molar-refractivity contribution in [2.75, 3.05) is 177 Å². The van der Waals surface area contributed by atoms with Gasteiger partial charge in [-0.3, -0.25) is 0 Å². The molecule has 6 aliphatic rings. The van der Waals surface area contributed by atoms with Crippen molar-refractivity contribution in [2.45, 2.75) is 190 Å². The number of carbonyl (C=O) groups is 4. The number of anilines is 7. The fourth-order valence-corrected chi connectivity index (χ4v) is 18.1. The summed E-state index contributed by atoms with van der Waals surface area (Å²) in [6.45, 7) is 33.1. The minimum atomic E-state index is -3.64. The van der Waals surface area contributed by atoms with Crippen LogP contribution in [0.3, 0.4) is 0 Å². The van der Waals surface area contributed by atoms with E-state index < -0.39 is 21.6 Å². The van der Waals surface area contributed by atoms with Gasteiger partial charge in [-0.1, -0.05) is 136 Å². The lowest BCUT2D eigenvalue weighted by atomic mass is 9.99. The number of hydrogen-bond donors (Lipinski definition) is 8. The van der Waals surface area contributed by atoms with Crippen molar-refractivity contribution in [1.29, 1.82) is 0 Å². The Hall–Kier alpha value is -11.0. The Morgan fingerprint density at radius 3 is 1.09 bits per heavy atom. The number of ether oxygens (including phenoxy) is 8. The summed E-state index contributed by atoms with van der Waals surface area (Å²) in [6.07, 6.45) is 10.4. The van der Waals surface area contributed by atoms with Crippen LogP contribution in [0.1, 0.15) is 179 Å². The van der Waals surface area contributed by atoms with Gasteiger partial charge in [-0.15, -0.1) is 0 Å². The molecule has 0 unspecified atom stereocenters. The summed E-state index contributed by atoms with van der Waals surface area (Å²) in [5.41, 5.74) is 20.4. The number of carboxylic acids is 1. The van der Waals surface area contributed by atoms with Crippen LogP contribution in [0.5, 0.6) is 28.7 Å². The van der Waals surface area contributed by atoms with Gasteiger partial charge in [0.1, 0.15) is 39.2 Å². The van der Waals surface area contributed by atoms with Crippen molar-refractivity contribution >= 4 is 106 Å². The monoisotopic (exact) mass is 2050 g/mol. The molecule has 30 heteroatoms. The third-order valence-corrected chi connectivity index (χ3v) is 26.6. The number of nitrogens with one attached hydrogen (secondary N) is 5. The van der Waals surface area contributed by atoms with E-state index in [9.17, 15) is 32.7 Å². The molecule has 6 aliphatic heterocycles. The SMILES string of the molecule is C.C.C.CC(C)(C)OC(=O)NC1CCNCC1.COC(=O)c1cc(Br)c(C)cc1C.COC(=O)c1cc(NC2CCN(c3ccccc3OC)CC2)c(C)cc1C.COc1ccccc1Br.COc1ccccc1N1CCC(C)CC1.COc1ccccc1N1CCC(N)CC1.COc1ccccc1N1CCC(Nc2cc(C(=O)O)c(C)cc2C)CC1.NS(=O)(=O)c1ccccc1N1CCNCC1. The predicted octanol–water partition coefficient (Wildman–Crippen LogP) is 21.1. The van der Waals surface area contributed by atoms with Crippen molar-refractivity contribution in [3.8, 4) is 28.7 Å². The molecule has 9 aromatic carbocycles. The Bertz CT molecular complexity index is 5270. The normalized spacial score (nSPS) is 15.1. The van der Waals surface area contributed by atoms with Crippen molar-refractivity contribution in [2.24, 2.45) is 16.8 Å². The van der Waals surface area contributed by atoms with E-state index in [1.807, 2.05) is 182 Å². The first-order chi connectivity index (χ1) is 64.6. The van der Waals surface area contributed by atoms with Crippen molar-refractivity contribution in [3.05, 3.63) is 241 Å². The maximum absolute atomic E-state index is 12.0. The molecule has 0 aromatic heterocycles. The molecular formula is C108H156Br2N12O15S. The molecule has 0 saturated carbocycles. The quantitative estimate of drug-likeness (QED) is 0.0275. The number of esters is 2. The summed E-state index contributed by atoms with van der Waals surface area (Å²) < 4.78 is 66.2. The smallest absolute Gasteiger partial charge is 0.407 e. The Kier molecular flexibility index (Phi) is 50.6. The number of primary sulfonamides is 1. The summed E-state index contributed by atoms with van der Waals surface area (Å²) in [7, 11) is 7.69. The van der Waals surface area contributed by atoms with Crippen molar-refractivity contribution in [3.63, 3.8) is 0 Å². The largest absolute Gasteiger partial charge is 0.496 e. The number of piperidine rings is 5. The van der Waals surface area contributed by atoms with Gasteiger partial charge in [0.2, 0.25) is 10.0 Å². The van der Waals surface area contributed by atoms with Gasteiger partial charge in [0, 0.05) is 119 Å². The van der Waals surface area contributed by atoms with Crippen LogP contribution in [-0.4, -0.2) is 209 Å². The third kappa shape index (κ3) is 37.0. The van der Waals surface area contributed by atoms with Crippen LogP contribution in [-0.2, 0) is 24.2 Å². The summed E-state index contributed by atoms with van der Waals surface area (Å²) >= 11 is 6.70. The molecule has 6 fully saturated rings. The van der Waals surface area contributed by atoms with Gasteiger partial charge in [-0.2, -0.15) is 0 Å². The van der Waals surface area contributed by atoms with Crippen LogP contribution in [0.2, 0.25) is 0 Å². The third-order valence-electron chi connectivity index (χ3n) is 24.2. The highest BCUT2D eigenvalue weighted by atomic mass is 79.9. The highest BCUT2D eigenvalue weighted by Crippen LogP contribution is 2.37. The molecule has 758 valence electrons. The Labute approximate surface area is 840 Å². The van der Waals surface area contributed by atoms with E-state index in [4.69, 9.17) is 44.0 Å². The number of rotatable bonds is 19. The lowest BCUT2D eigenvalue weighted by Gasteiger charge is -2.35. The minimum absolute atomic E-state index is 0. The summed E-state index contributed by atoms with van der Waals surface area (Å²) in [5, 5.41) is 31.1. The molecule has 0 aliphatic carbocycles. The highest BCUT2D eigenvalue weighted by molar-refractivity contribution is 9.10. The maximum atomic E-state index is 12.0. The van der Waals surface area contributed by atoms with E-state index in [2.05, 4.69) is 127 Å². The molecule has 1 amide bonds. The molecule has 6 saturated heterocycles. The van der Waals surface area contributed by atoms with Crippen LogP contribution < -0.4 is 85.6 Å². The molecule has 0 bridgehead atoms. The van der Waals surface area contributed by atoms with E-state index in [0.29, 0.717) is 40.5 Å². The molecule has 9 aromatic rings. The second-order valence-electron chi connectivity index (χ2n) is 35.2. The molecule has 27 nitrogen and oxygen atoms in total. The Morgan fingerprint density at radius 2 is 0.725 bits per heavy atom. The van der Waals surface area contributed by atoms with Gasteiger partial charge in [0.15, 0.2) is 0 Å². The average Bonchev–Trinajstić information content (AvgIpc) is 0.812. The standard InChI is InChI=1S/C22H28N2O3.C21H26N2O3.C13H19NO.C12H18N2O.C10H11BrO2.C10H15N3O2S.C10H20N2O2.C7H7BrO.3CH4/c1-15-13-16(2)19(14-18(15)22(25)27-4)23-17-9-11-24(12-10-17)20-7-5-6-8-21(20)26-3;1-14-12-15(2)18(13-17(14)21(24)25)22-16-8-10-23(11-9-16)19-6-4-5-7-20(19)26-3;1-11-7-9-14(10-8-11)12-5-3-4-6-13(12)15-2;1-15-12-5-3-2-4-11(12)14-8-6-10(13)7-9-14;1-6-4-7(2)9(11)5-8(6)10(12)13-3;11-16(14,15)10-4-2-1-3-9(10)13-7-5-12-6-8-13;1-10(2,3)14-9(13)12-8-4-6-11-7-5-8;1-9-7-5-3-2-4-6(7)8;;;/h5-8,13-14,17,23H,9-12H2,1-4H3;4-7,12-13,16,22H,8-11H2,1-3H3,(H,24,25);3-6,11H,7-10H2,1-2H3;2-5,10H,6-9,13H2,1H3;4-5H,1-3H3;1-4,12H,5-8H2,(H2,11,14,15);8,11H,4-7H2,1-3H3,(H,12,13);2-5H,1H3;3*1H4. The number of carbonyl (C=O) groups excluding carboxylic acids is 3. The highest BCUT2D eigenvalue weighted by Gasteiger charge is 2.28. The van der Waals surface area contributed by atoms with Crippen molar-refractivity contribution in [1.82, 2.24) is 16.0 Å². The van der Waals surface area contributed by atoms with Crippen LogP contribution in [0, 0.1) is 47.5 Å². The number of nitrogens with two attached hydrogens (primary N) is 2. The number of hydrogen-bond acceptors (Lipinski definition) is 24. The fourth-order valence-electron chi connectivity index (χ4n) is 16.6. The zero-order valence-electron chi connectivity index (χ0n) is 81.9. The second kappa shape index (κ2) is 59.4. The predicted molar refractivity (Wildman–Crippen MR) is 574 cm³/mol. The van der Waals surface area contributed by atoms with Gasteiger partial charge in [0.25, 0.3) is 0 Å². The summed E-state index contributed by atoms with van der Waals surface area (Å²) in [4.78, 5) is 57.7. The molecule has 6 heterocycles. The molecule has 0 spiro atoms. The zero-order valence-corrected chi connectivity index (χ0v) is 85.9. The lowest BCUT2D eigenvalue weighted by molar-refractivity contribution is 0.0493. The molecular weight excluding hydrogens is 1900 g/mol. The van der Waals surface area contributed by atoms with Crippen LogP contribution in [0.4, 0.5) is 44.6 Å². The van der Waals surface area contributed by atoms with E-state index in [0.717, 1.165) is 243 Å². The van der Waals surface area contributed by atoms with E-state index in [1.165, 1.54) is 38.4 Å². The first-order valence-corrected chi connectivity index (χ1v) is 49.5.